The molecule has 0 unspecified atom stereocenters. The molecular weight excluding hydrogens is 334 g/mol. The maximum Gasteiger partial charge on any atom is 0.273 e. The molecule has 10 heteroatoms. The SMILES string of the molecule is COc1cc([N+](=O)[O-])ccc1S(=O)(=O)Nc1ccc(F)c(F)c1. The molecule has 0 aliphatic carbocycles. The van der Waals surface area contributed by atoms with Crippen molar-refractivity contribution in [2.24, 2.45) is 0 Å². The highest BCUT2D eigenvalue weighted by Gasteiger charge is 2.22. The number of methoxy groups -OCH3 is 1. The van der Waals surface area contributed by atoms with Gasteiger partial charge in [-0.3, -0.25) is 14.8 Å². The number of benzene rings is 2. The molecule has 0 saturated carbocycles. The second-order valence-corrected chi connectivity index (χ2v) is 5.98. The minimum atomic E-state index is -4.21. The minimum absolute atomic E-state index is 0.204. The second-order valence-electron chi connectivity index (χ2n) is 4.33. The van der Waals surface area contributed by atoms with Crippen LogP contribution >= 0.6 is 0 Å². The third-order valence-electron chi connectivity index (χ3n) is 2.82. The average Bonchev–Trinajstić information content (AvgIpc) is 2.50. The molecule has 0 fully saturated rings. The lowest BCUT2D eigenvalue weighted by molar-refractivity contribution is -0.385. The lowest BCUT2D eigenvalue weighted by Gasteiger charge is -2.11. The Morgan fingerprint density at radius 3 is 2.39 bits per heavy atom. The highest BCUT2D eigenvalue weighted by molar-refractivity contribution is 7.92. The Morgan fingerprint density at radius 2 is 1.83 bits per heavy atom. The summed E-state index contributed by atoms with van der Waals surface area (Å²) in [6, 6.07) is 5.39. The van der Waals surface area contributed by atoms with E-state index in [1.807, 2.05) is 4.72 Å². The van der Waals surface area contributed by atoms with Crippen LogP contribution in [0.15, 0.2) is 41.3 Å². The van der Waals surface area contributed by atoms with Gasteiger partial charge < -0.3 is 4.74 Å². The first kappa shape index (κ1) is 16.6. The summed E-state index contributed by atoms with van der Waals surface area (Å²) < 4.78 is 57.4. The van der Waals surface area contributed by atoms with Crippen molar-refractivity contribution < 1.29 is 26.9 Å². The number of rotatable bonds is 5. The number of nitrogens with zero attached hydrogens (tertiary/aromatic N) is 1. The van der Waals surface area contributed by atoms with E-state index in [-0.39, 0.29) is 22.0 Å². The van der Waals surface area contributed by atoms with Gasteiger partial charge in [0.2, 0.25) is 0 Å². The molecule has 0 amide bonds. The number of nitrogens with one attached hydrogen (secondary N) is 1. The number of hydrogen-bond acceptors (Lipinski definition) is 5. The fourth-order valence-corrected chi connectivity index (χ4v) is 2.96. The van der Waals surface area contributed by atoms with Crippen molar-refractivity contribution in [1.29, 1.82) is 0 Å². The molecule has 0 radical (unpaired) electrons. The number of nitro groups is 1. The van der Waals surface area contributed by atoms with Gasteiger partial charge in [-0.1, -0.05) is 0 Å². The van der Waals surface area contributed by atoms with Crippen molar-refractivity contribution in [3.63, 3.8) is 0 Å². The first-order valence-electron chi connectivity index (χ1n) is 6.05. The summed E-state index contributed by atoms with van der Waals surface area (Å²) in [5, 5.41) is 10.7. The molecule has 7 nitrogen and oxygen atoms in total. The molecular formula is C13H10F2N2O5S. The maximum absolute atomic E-state index is 13.1. The topological polar surface area (TPSA) is 98.5 Å². The quantitative estimate of drug-likeness (QED) is 0.664. The van der Waals surface area contributed by atoms with Crippen LogP contribution in [0.1, 0.15) is 0 Å². The standard InChI is InChI=1S/C13H10F2N2O5S/c1-22-12-7-9(17(18)19)3-5-13(12)23(20,21)16-8-2-4-10(14)11(15)6-8/h2-7,16H,1H3. The van der Waals surface area contributed by atoms with E-state index in [1.165, 1.54) is 0 Å². The van der Waals surface area contributed by atoms with E-state index in [4.69, 9.17) is 4.74 Å². The lowest BCUT2D eigenvalue weighted by atomic mass is 10.3. The molecule has 0 aliphatic rings. The van der Waals surface area contributed by atoms with E-state index >= 15 is 0 Å². The minimum Gasteiger partial charge on any atom is -0.495 e. The molecule has 122 valence electrons. The highest BCUT2D eigenvalue weighted by atomic mass is 32.2. The number of anilines is 1. The molecule has 0 bridgehead atoms. The first-order valence-corrected chi connectivity index (χ1v) is 7.53. The van der Waals surface area contributed by atoms with Gasteiger partial charge in [-0.25, -0.2) is 17.2 Å². The number of ether oxygens (including phenoxy) is 1. The predicted octanol–water partition coefficient (Wildman–Crippen LogP) is 2.68. The monoisotopic (exact) mass is 344 g/mol. The van der Waals surface area contributed by atoms with Gasteiger partial charge in [-0.05, 0) is 18.2 Å². The van der Waals surface area contributed by atoms with E-state index in [1.54, 1.807) is 0 Å². The fourth-order valence-electron chi connectivity index (χ4n) is 1.76. The van der Waals surface area contributed by atoms with Crippen molar-refractivity contribution in [3.05, 3.63) is 58.1 Å². The third-order valence-corrected chi connectivity index (χ3v) is 4.24. The number of halogens is 2. The second kappa shape index (κ2) is 6.16. The van der Waals surface area contributed by atoms with Gasteiger partial charge in [0, 0.05) is 12.1 Å². The summed E-state index contributed by atoms with van der Waals surface area (Å²) in [4.78, 5) is 9.61. The molecule has 2 aromatic carbocycles. The Labute approximate surface area is 129 Å². The summed E-state index contributed by atoms with van der Waals surface area (Å²) in [5.74, 6) is -2.60. The van der Waals surface area contributed by atoms with Gasteiger partial charge >= 0.3 is 0 Å². The van der Waals surface area contributed by atoms with Crippen molar-refractivity contribution in [2.45, 2.75) is 4.90 Å². The molecule has 23 heavy (non-hydrogen) atoms. The number of non-ortho nitro benzene ring substituents is 1. The van der Waals surface area contributed by atoms with Crippen LogP contribution < -0.4 is 9.46 Å². The normalized spacial score (nSPS) is 11.1. The Hall–Kier alpha value is -2.75. The van der Waals surface area contributed by atoms with Crippen LogP contribution in [0.25, 0.3) is 0 Å². The number of nitro benzene ring substituents is 1. The van der Waals surface area contributed by atoms with Crippen molar-refractivity contribution in [2.75, 3.05) is 11.8 Å². The maximum atomic E-state index is 13.1. The zero-order valence-corrected chi connectivity index (χ0v) is 12.4. The molecule has 0 aromatic heterocycles. The Balaban J connectivity index is 2.42. The number of hydrogen-bond donors (Lipinski definition) is 1. The van der Waals surface area contributed by atoms with E-state index in [0.717, 1.165) is 37.4 Å². The summed E-state index contributed by atoms with van der Waals surface area (Å²) >= 11 is 0. The number of sulfonamides is 1. The Kier molecular flexibility index (Phi) is 4.45. The van der Waals surface area contributed by atoms with E-state index in [2.05, 4.69) is 0 Å². The van der Waals surface area contributed by atoms with Crippen LogP contribution in [0, 0.1) is 21.7 Å². The Morgan fingerprint density at radius 1 is 1.13 bits per heavy atom. The molecule has 2 aromatic rings. The van der Waals surface area contributed by atoms with Gasteiger partial charge in [0.25, 0.3) is 15.7 Å². The van der Waals surface area contributed by atoms with Crippen LogP contribution in [0.3, 0.4) is 0 Å². The van der Waals surface area contributed by atoms with E-state index in [9.17, 15) is 27.3 Å². The molecule has 0 aliphatic heterocycles. The molecule has 1 N–H and O–H groups in total. The predicted molar refractivity (Wildman–Crippen MR) is 76.8 cm³/mol. The lowest BCUT2D eigenvalue weighted by Crippen LogP contribution is -2.14. The summed E-state index contributed by atoms with van der Waals surface area (Å²) in [6.07, 6.45) is 0. The van der Waals surface area contributed by atoms with Crippen molar-refractivity contribution >= 4 is 21.4 Å². The van der Waals surface area contributed by atoms with E-state index in [0.29, 0.717) is 6.07 Å². The Bertz CT molecular complexity index is 871. The van der Waals surface area contributed by atoms with Crippen LogP contribution in [0.2, 0.25) is 0 Å². The molecule has 0 heterocycles. The van der Waals surface area contributed by atoms with Crippen LogP contribution in [0.5, 0.6) is 5.75 Å². The smallest absolute Gasteiger partial charge is 0.273 e. The molecule has 0 saturated heterocycles. The zero-order valence-electron chi connectivity index (χ0n) is 11.6. The molecule has 2 rings (SSSR count). The van der Waals surface area contributed by atoms with Crippen LogP contribution in [0.4, 0.5) is 20.2 Å². The fraction of sp³-hybridized carbons (Fsp3) is 0.0769. The molecule has 0 spiro atoms. The highest BCUT2D eigenvalue weighted by Crippen LogP contribution is 2.29. The van der Waals surface area contributed by atoms with Gasteiger partial charge in [-0.2, -0.15) is 0 Å². The first-order chi connectivity index (χ1) is 10.7. The average molecular weight is 344 g/mol. The molecule has 0 atom stereocenters. The summed E-state index contributed by atoms with van der Waals surface area (Å²) in [5.41, 5.74) is -0.557. The summed E-state index contributed by atoms with van der Waals surface area (Å²) in [6.45, 7) is 0. The van der Waals surface area contributed by atoms with Gasteiger partial charge in [0.05, 0.1) is 23.8 Å². The van der Waals surface area contributed by atoms with Crippen LogP contribution in [-0.2, 0) is 10.0 Å². The van der Waals surface area contributed by atoms with E-state index < -0.39 is 26.6 Å². The van der Waals surface area contributed by atoms with Gasteiger partial charge in [0.1, 0.15) is 10.6 Å². The van der Waals surface area contributed by atoms with Crippen molar-refractivity contribution in [3.8, 4) is 5.75 Å². The van der Waals surface area contributed by atoms with Crippen LogP contribution in [-0.4, -0.2) is 20.5 Å². The van der Waals surface area contributed by atoms with Gasteiger partial charge in [-0.15, -0.1) is 0 Å². The summed E-state index contributed by atoms with van der Waals surface area (Å²) in [7, 11) is -3.07. The zero-order chi connectivity index (χ0) is 17.2. The van der Waals surface area contributed by atoms with Crippen molar-refractivity contribution in [1.82, 2.24) is 0 Å². The third kappa shape index (κ3) is 3.54. The largest absolute Gasteiger partial charge is 0.495 e. The van der Waals surface area contributed by atoms with Gasteiger partial charge in [0.15, 0.2) is 11.6 Å².